The van der Waals surface area contributed by atoms with Crippen LogP contribution in [-0.2, 0) is 5.41 Å². The molecule has 0 fully saturated rings. The fraction of sp³-hybridized carbons (Fsp3) is 0.176. The van der Waals surface area contributed by atoms with Crippen LogP contribution in [0.4, 0.5) is 0 Å². The lowest BCUT2D eigenvalue weighted by atomic mass is 9.78. The quantitative estimate of drug-likeness (QED) is 0.514. The van der Waals surface area contributed by atoms with Gasteiger partial charge in [-0.15, -0.1) is 5.26 Å². The van der Waals surface area contributed by atoms with Crippen molar-refractivity contribution in [3.05, 3.63) is 59.7 Å². The van der Waals surface area contributed by atoms with Crippen molar-refractivity contribution in [3.8, 4) is 17.8 Å². The Morgan fingerprint density at radius 1 is 0.952 bits per heavy atom. The standard InChI is InChI=1S/C17H16N2O2/c1-17(2,13-3-7-15(8-4-13)20-11-18)14-5-9-16(10-6-14)21-12-19/h3-11,18H,1-2H3. The van der Waals surface area contributed by atoms with Crippen molar-refractivity contribution in [2.45, 2.75) is 19.3 Å². The van der Waals surface area contributed by atoms with Crippen molar-refractivity contribution in [1.29, 1.82) is 10.7 Å². The summed E-state index contributed by atoms with van der Waals surface area (Å²) < 4.78 is 9.81. The molecule has 0 aliphatic carbocycles. The molecule has 4 nitrogen and oxygen atoms in total. The highest BCUT2D eigenvalue weighted by Gasteiger charge is 2.23. The zero-order chi connectivity index (χ0) is 15.3. The number of rotatable bonds is 5. The molecule has 21 heavy (non-hydrogen) atoms. The largest absolute Gasteiger partial charge is 0.446 e. The van der Waals surface area contributed by atoms with E-state index in [-0.39, 0.29) is 5.41 Å². The SMILES string of the molecule is CC(C)(c1ccc(OC#N)cc1)c1ccc(OC=N)cc1. The van der Waals surface area contributed by atoms with Gasteiger partial charge in [-0.05, 0) is 35.4 Å². The summed E-state index contributed by atoms with van der Waals surface area (Å²) in [4.78, 5) is 0. The Morgan fingerprint density at radius 2 is 1.43 bits per heavy atom. The van der Waals surface area contributed by atoms with Gasteiger partial charge in [-0.3, -0.25) is 5.41 Å². The van der Waals surface area contributed by atoms with Gasteiger partial charge in [0, 0.05) is 5.41 Å². The van der Waals surface area contributed by atoms with E-state index < -0.39 is 0 Å². The van der Waals surface area contributed by atoms with Crippen molar-refractivity contribution in [2.24, 2.45) is 0 Å². The molecule has 0 saturated heterocycles. The normalized spacial score (nSPS) is 10.5. The molecule has 1 N–H and O–H groups in total. The van der Waals surface area contributed by atoms with Crippen LogP contribution in [0.2, 0.25) is 0 Å². The van der Waals surface area contributed by atoms with E-state index in [2.05, 4.69) is 13.8 Å². The highest BCUT2D eigenvalue weighted by Crippen LogP contribution is 2.33. The second-order valence-corrected chi connectivity index (χ2v) is 5.10. The molecule has 0 unspecified atom stereocenters. The van der Waals surface area contributed by atoms with Gasteiger partial charge in [0.2, 0.25) is 0 Å². The summed E-state index contributed by atoms with van der Waals surface area (Å²) >= 11 is 0. The summed E-state index contributed by atoms with van der Waals surface area (Å²) in [6.45, 7) is 4.25. The van der Waals surface area contributed by atoms with E-state index in [1.54, 1.807) is 18.4 Å². The second kappa shape index (κ2) is 6.10. The van der Waals surface area contributed by atoms with Crippen LogP contribution in [0, 0.1) is 16.9 Å². The Balaban J connectivity index is 2.27. The van der Waals surface area contributed by atoms with Crippen LogP contribution in [-0.4, -0.2) is 6.40 Å². The first-order valence-electron chi connectivity index (χ1n) is 6.50. The molecule has 0 aromatic heterocycles. The van der Waals surface area contributed by atoms with Crippen LogP contribution >= 0.6 is 0 Å². The molecule has 0 amide bonds. The van der Waals surface area contributed by atoms with Gasteiger partial charge < -0.3 is 9.47 Å². The van der Waals surface area contributed by atoms with Gasteiger partial charge in [0.05, 0.1) is 0 Å². The van der Waals surface area contributed by atoms with Gasteiger partial charge in [-0.2, -0.15) is 0 Å². The molecule has 2 aromatic carbocycles. The Morgan fingerprint density at radius 3 is 1.86 bits per heavy atom. The van der Waals surface area contributed by atoms with Gasteiger partial charge in [0.1, 0.15) is 11.5 Å². The first kappa shape index (κ1) is 14.6. The van der Waals surface area contributed by atoms with E-state index in [0.29, 0.717) is 11.5 Å². The number of nitrogens with one attached hydrogen (secondary N) is 1. The monoisotopic (exact) mass is 280 g/mol. The van der Waals surface area contributed by atoms with Crippen molar-refractivity contribution < 1.29 is 9.47 Å². The van der Waals surface area contributed by atoms with Gasteiger partial charge in [-0.25, -0.2) is 0 Å². The summed E-state index contributed by atoms with van der Waals surface area (Å²) in [5.74, 6) is 1.18. The summed E-state index contributed by atoms with van der Waals surface area (Å²) in [5, 5.41) is 15.4. The lowest BCUT2D eigenvalue weighted by molar-refractivity contribution is 0.506. The van der Waals surface area contributed by atoms with Crippen LogP contribution in [0.1, 0.15) is 25.0 Å². The number of nitriles is 1. The fourth-order valence-electron chi connectivity index (χ4n) is 2.18. The molecule has 0 bridgehead atoms. The molecule has 0 atom stereocenters. The zero-order valence-corrected chi connectivity index (χ0v) is 12.0. The van der Waals surface area contributed by atoms with E-state index in [1.165, 1.54) is 0 Å². The molecular formula is C17H16N2O2. The first-order chi connectivity index (χ1) is 10.1. The molecular weight excluding hydrogens is 264 g/mol. The Hall–Kier alpha value is -2.80. The molecule has 0 aliphatic heterocycles. The minimum absolute atomic E-state index is 0.186. The van der Waals surface area contributed by atoms with Crippen LogP contribution in [0.15, 0.2) is 48.5 Å². The lowest BCUT2D eigenvalue weighted by Gasteiger charge is -2.26. The van der Waals surface area contributed by atoms with E-state index >= 15 is 0 Å². The number of ether oxygens (including phenoxy) is 2. The smallest absolute Gasteiger partial charge is 0.292 e. The molecule has 0 radical (unpaired) electrons. The average molecular weight is 280 g/mol. The van der Waals surface area contributed by atoms with Gasteiger partial charge in [0.15, 0.2) is 6.40 Å². The van der Waals surface area contributed by atoms with Crippen molar-refractivity contribution in [2.75, 3.05) is 0 Å². The molecule has 0 saturated carbocycles. The molecule has 2 rings (SSSR count). The maximum Gasteiger partial charge on any atom is 0.292 e. The van der Waals surface area contributed by atoms with Crippen LogP contribution in [0.25, 0.3) is 0 Å². The molecule has 0 aliphatic rings. The van der Waals surface area contributed by atoms with Crippen LogP contribution in [0.5, 0.6) is 11.5 Å². The highest BCUT2D eigenvalue weighted by molar-refractivity contribution is 5.49. The highest BCUT2D eigenvalue weighted by atomic mass is 16.5. The van der Waals surface area contributed by atoms with Crippen LogP contribution in [0.3, 0.4) is 0 Å². The number of benzene rings is 2. The summed E-state index contributed by atoms with van der Waals surface area (Å²) in [7, 11) is 0. The van der Waals surface area contributed by atoms with Crippen molar-refractivity contribution in [3.63, 3.8) is 0 Å². The summed E-state index contributed by atoms with van der Waals surface area (Å²) in [6, 6.07) is 15.1. The molecule has 0 heterocycles. The van der Waals surface area contributed by atoms with Gasteiger partial charge >= 0.3 is 0 Å². The van der Waals surface area contributed by atoms with Gasteiger partial charge in [-0.1, -0.05) is 38.1 Å². The van der Waals surface area contributed by atoms with Crippen molar-refractivity contribution in [1.82, 2.24) is 0 Å². The minimum atomic E-state index is -0.186. The Kier molecular flexibility index (Phi) is 4.24. The third kappa shape index (κ3) is 3.21. The Labute approximate surface area is 124 Å². The van der Waals surface area contributed by atoms with E-state index in [1.807, 2.05) is 36.4 Å². The predicted molar refractivity (Wildman–Crippen MR) is 80.7 cm³/mol. The molecule has 2 aromatic rings. The number of hydrogen-bond donors (Lipinski definition) is 1. The summed E-state index contributed by atoms with van der Waals surface area (Å²) in [5.41, 5.74) is 2.07. The summed E-state index contributed by atoms with van der Waals surface area (Å²) in [6.07, 6.45) is 2.57. The van der Waals surface area contributed by atoms with Crippen LogP contribution < -0.4 is 9.47 Å². The molecule has 0 spiro atoms. The number of hydrogen-bond acceptors (Lipinski definition) is 4. The third-order valence-corrected chi connectivity index (χ3v) is 3.51. The molecule has 106 valence electrons. The van der Waals surface area contributed by atoms with E-state index in [9.17, 15) is 0 Å². The molecule has 4 heteroatoms. The van der Waals surface area contributed by atoms with E-state index in [4.69, 9.17) is 20.1 Å². The van der Waals surface area contributed by atoms with Crippen molar-refractivity contribution >= 4 is 6.40 Å². The Bertz CT molecular complexity index is 653. The first-order valence-corrected chi connectivity index (χ1v) is 6.50. The second-order valence-electron chi connectivity index (χ2n) is 5.10. The zero-order valence-electron chi connectivity index (χ0n) is 12.0. The lowest BCUT2D eigenvalue weighted by Crippen LogP contribution is -2.18. The maximum atomic E-state index is 8.50. The average Bonchev–Trinajstić information content (AvgIpc) is 2.49. The minimum Gasteiger partial charge on any atom is -0.446 e. The predicted octanol–water partition coefficient (Wildman–Crippen LogP) is 3.86. The third-order valence-electron chi connectivity index (χ3n) is 3.51. The number of nitrogens with zero attached hydrogens (tertiary/aromatic N) is 1. The van der Waals surface area contributed by atoms with Gasteiger partial charge in [0.25, 0.3) is 6.26 Å². The van der Waals surface area contributed by atoms with E-state index in [0.717, 1.165) is 17.5 Å². The maximum absolute atomic E-state index is 8.50. The topological polar surface area (TPSA) is 66.1 Å². The fourth-order valence-corrected chi connectivity index (χ4v) is 2.18.